The van der Waals surface area contributed by atoms with Crippen molar-refractivity contribution in [2.75, 3.05) is 51.2 Å². The van der Waals surface area contributed by atoms with E-state index in [1.165, 1.54) is 25.2 Å². The van der Waals surface area contributed by atoms with Crippen LogP contribution in [0.3, 0.4) is 0 Å². The van der Waals surface area contributed by atoms with Crippen LogP contribution in [-0.4, -0.2) is 69.4 Å². The number of nitrogens with zero attached hydrogens (tertiary/aromatic N) is 3. The van der Waals surface area contributed by atoms with E-state index in [9.17, 15) is 22.0 Å². The van der Waals surface area contributed by atoms with E-state index in [1.54, 1.807) is 4.90 Å². The third-order valence-electron chi connectivity index (χ3n) is 4.33. The lowest BCUT2D eigenvalue weighted by molar-refractivity contribution is -0.142. The largest absolute Gasteiger partial charge is 0.401 e. The predicted molar refractivity (Wildman–Crippen MR) is 115 cm³/mol. The van der Waals surface area contributed by atoms with Crippen LogP contribution < -0.4 is 15.5 Å². The monoisotopic (exact) mass is 535 g/mol. The van der Waals surface area contributed by atoms with Crippen molar-refractivity contribution in [1.29, 1.82) is 0 Å². The summed E-state index contributed by atoms with van der Waals surface area (Å²) in [4.78, 5) is 7.10. The molecule has 0 radical (unpaired) electrons. The summed E-state index contributed by atoms with van der Waals surface area (Å²) in [5.74, 6) is -0.730. The fourth-order valence-electron chi connectivity index (χ4n) is 3.10. The Bertz CT molecular complexity index is 650. The quantitative estimate of drug-likeness (QED) is 0.244. The summed E-state index contributed by atoms with van der Waals surface area (Å²) in [5.41, 5.74) is -0.0393. The van der Waals surface area contributed by atoms with Crippen LogP contribution in [0.15, 0.2) is 23.2 Å². The van der Waals surface area contributed by atoms with Gasteiger partial charge in [0.25, 0.3) is 0 Å². The molecule has 2 rings (SSSR count). The second-order valence-electron chi connectivity index (χ2n) is 6.76. The number of nitrogens with one attached hydrogen (secondary N) is 2. The maximum atomic E-state index is 13.9. The highest BCUT2D eigenvalue weighted by Crippen LogP contribution is 2.26. The Morgan fingerprint density at radius 1 is 1.28 bits per heavy atom. The lowest BCUT2D eigenvalue weighted by Gasteiger charge is -2.21. The molecular weight excluding hydrogens is 508 g/mol. The molecule has 0 spiro atoms. The molecule has 1 fully saturated rings. The van der Waals surface area contributed by atoms with Gasteiger partial charge in [-0.3, -0.25) is 9.89 Å². The minimum absolute atomic E-state index is 0. The van der Waals surface area contributed by atoms with E-state index in [0.717, 1.165) is 4.90 Å². The first-order valence-corrected chi connectivity index (χ1v) is 9.18. The fourth-order valence-corrected chi connectivity index (χ4v) is 3.10. The van der Waals surface area contributed by atoms with E-state index >= 15 is 0 Å². The molecule has 1 saturated heterocycles. The number of alkyl halides is 3. The van der Waals surface area contributed by atoms with Gasteiger partial charge in [0.1, 0.15) is 17.3 Å². The van der Waals surface area contributed by atoms with Crippen molar-refractivity contribution < 1.29 is 22.0 Å². The highest BCUT2D eigenvalue weighted by atomic mass is 127. The Morgan fingerprint density at radius 3 is 2.52 bits per heavy atom. The van der Waals surface area contributed by atoms with Gasteiger partial charge in [-0.05, 0) is 32.5 Å². The van der Waals surface area contributed by atoms with Crippen molar-refractivity contribution in [3.8, 4) is 0 Å². The zero-order chi connectivity index (χ0) is 20.7. The number of likely N-dealkylation sites (N-methyl/N-ethyl adjacent to an activating group) is 1. The van der Waals surface area contributed by atoms with Crippen molar-refractivity contribution in [2.24, 2.45) is 4.99 Å². The average molecular weight is 535 g/mol. The van der Waals surface area contributed by atoms with Gasteiger partial charge >= 0.3 is 6.18 Å². The molecule has 11 heteroatoms. The first-order valence-electron chi connectivity index (χ1n) is 9.18. The van der Waals surface area contributed by atoms with Crippen molar-refractivity contribution in [3.63, 3.8) is 0 Å². The first-order chi connectivity index (χ1) is 13.2. The maximum Gasteiger partial charge on any atom is 0.401 e. The van der Waals surface area contributed by atoms with Gasteiger partial charge in [-0.25, -0.2) is 8.78 Å². The number of hydrogen-bond acceptors (Lipinski definition) is 3. The SMILES string of the molecule is CCNC(=NCCN(C)CC(F)(F)F)NC1CCN(c2c(F)cccc2F)C1.I. The Hall–Kier alpha value is -1.37. The van der Waals surface area contributed by atoms with Gasteiger partial charge in [-0.2, -0.15) is 13.2 Å². The van der Waals surface area contributed by atoms with E-state index in [0.29, 0.717) is 32.0 Å². The summed E-state index contributed by atoms with van der Waals surface area (Å²) in [7, 11) is 1.39. The first kappa shape index (κ1) is 25.7. The molecular formula is C18H27F5IN5. The number of guanidine groups is 1. The van der Waals surface area contributed by atoms with Crippen molar-refractivity contribution >= 4 is 35.6 Å². The molecule has 1 aliphatic heterocycles. The molecule has 1 unspecified atom stereocenters. The Kier molecular flexibility index (Phi) is 10.4. The number of hydrogen-bond donors (Lipinski definition) is 2. The van der Waals surface area contributed by atoms with Crippen LogP contribution in [0, 0.1) is 11.6 Å². The molecule has 166 valence electrons. The number of anilines is 1. The third-order valence-corrected chi connectivity index (χ3v) is 4.33. The molecule has 0 aromatic heterocycles. The highest BCUT2D eigenvalue weighted by Gasteiger charge is 2.29. The molecule has 1 aromatic carbocycles. The summed E-state index contributed by atoms with van der Waals surface area (Å²) in [6, 6.07) is 3.69. The van der Waals surface area contributed by atoms with Gasteiger partial charge in [-0.1, -0.05) is 6.07 Å². The zero-order valence-electron chi connectivity index (χ0n) is 16.4. The van der Waals surface area contributed by atoms with Crippen molar-refractivity contribution in [2.45, 2.75) is 25.6 Å². The highest BCUT2D eigenvalue weighted by molar-refractivity contribution is 14.0. The molecule has 2 N–H and O–H groups in total. The van der Waals surface area contributed by atoms with Crippen molar-refractivity contribution in [1.82, 2.24) is 15.5 Å². The van der Waals surface area contributed by atoms with E-state index in [1.807, 2.05) is 6.92 Å². The van der Waals surface area contributed by atoms with Crippen LogP contribution in [-0.2, 0) is 0 Å². The smallest absolute Gasteiger partial charge is 0.365 e. The van der Waals surface area contributed by atoms with Crippen LogP contribution in [0.2, 0.25) is 0 Å². The minimum atomic E-state index is -4.24. The maximum absolute atomic E-state index is 13.9. The van der Waals surface area contributed by atoms with Gasteiger partial charge in [0.2, 0.25) is 0 Å². The molecule has 1 atom stereocenters. The Labute approximate surface area is 184 Å². The van der Waals surface area contributed by atoms with E-state index in [-0.39, 0.29) is 48.8 Å². The number of aliphatic imine (C=N–C) groups is 1. The summed E-state index contributed by atoms with van der Waals surface area (Å²) < 4.78 is 65.0. The fraction of sp³-hybridized carbons (Fsp3) is 0.611. The molecule has 1 aliphatic rings. The normalized spacial score (nSPS) is 17.4. The zero-order valence-corrected chi connectivity index (χ0v) is 18.7. The van der Waals surface area contributed by atoms with Crippen molar-refractivity contribution in [3.05, 3.63) is 29.8 Å². The molecule has 0 bridgehead atoms. The number of para-hydroxylation sites is 1. The van der Waals surface area contributed by atoms with Crippen LogP contribution in [0.4, 0.5) is 27.6 Å². The van der Waals surface area contributed by atoms with E-state index in [4.69, 9.17) is 0 Å². The van der Waals surface area contributed by atoms with Gasteiger partial charge in [0, 0.05) is 32.2 Å². The summed E-state index contributed by atoms with van der Waals surface area (Å²) in [6.07, 6.45) is -3.58. The van der Waals surface area contributed by atoms with E-state index in [2.05, 4.69) is 15.6 Å². The van der Waals surface area contributed by atoms with Gasteiger partial charge < -0.3 is 15.5 Å². The molecule has 0 saturated carbocycles. The van der Waals surface area contributed by atoms with Gasteiger partial charge in [0.15, 0.2) is 5.96 Å². The number of rotatable bonds is 7. The second-order valence-corrected chi connectivity index (χ2v) is 6.76. The lowest BCUT2D eigenvalue weighted by Crippen LogP contribution is -2.45. The van der Waals surface area contributed by atoms with Crippen LogP contribution in [0.1, 0.15) is 13.3 Å². The van der Waals surface area contributed by atoms with Crippen LogP contribution >= 0.6 is 24.0 Å². The number of halogens is 6. The second kappa shape index (κ2) is 11.7. The van der Waals surface area contributed by atoms with E-state index < -0.39 is 24.4 Å². The molecule has 1 aromatic rings. The Balaban J connectivity index is 0.00000420. The molecule has 1 heterocycles. The van der Waals surface area contributed by atoms with Gasteiger partial charge in [0.05, 0.1) is 13.1 Å². The summed E-state index contributed by atoms with van der Waals surface area (Å²) in [5, 5.41) is 6.23. The van der Waals surface area contributed by atoms with Crippen LogP contribution in [0.5, 0.6) is 0 Å². The summed E-state index contributed by atoms with van der Waals surface area (Å²) in [6.45, 7) is 2.72. The third kappa shape index (κ3) is 8.49. The minimum Gasteiger partial charge on any atom is -0.365 e. The Morgan fingerprint density at radius 2 is 1.93 bits per heavy atom. The predicted octanol–water partition coefficient (Wildman–Crippen LogP) is 3.21. The molecule has 5 nitrogen and oxygen atoms in total. The number of benzene rings is 1. The average Bonchev–Trinajstić information content (AvgIpc) is 3.01. The molecule has 29 heavy (non-hydrogen) atoms. The van der Waals surface area contributed by atoms with Crippen LogP contribution in [0.25, 0.3) is 0 Å². The summed E-state index contributed by atoms with van der Waals surface area (Å²) >= 11 is 0. The molecule has 0 aliphatic carbocycles. The topological polar surface area (TPSA) is 42.9 Å². The van der Waals surface area contributed by atoms with Gasteiger partial charge in [-0.15, -0.1) is 24.0 Å². The molecule has 0 amide bonds. The standard InChI is InChI=1S/C18H26F5N5.HI/c1-3-24-17(25-8-10-27(2)12-18(21,22)23)26-13-7-9-28(11-13)16-14(19)5-4-6-15(16)20;/h4-6,13H,3,7-12H2,1-2H3,(H2,24,25,26);1H. The lowest BCUT2D eigenvalue weighted by atomic mass is 10.2.